The molecule has 5 nitrogen and oxygen atoms in total. The second-order valence-corrected chi connectivity index (χ2v) is 5.06. The van der Waals surface area contributed by atoms with Crippen LogP contribution in [0, 0.1) is 0 Å². The molecule has 0 aliphatic heterocycles. The van der Waals surface area contributed by atoms with Gasteiger partial charge >= 0.3 is 0 Å². The predicted molar refractivity (Wildman–Crippen MR) is 97.5 cm³/mol. The van der Waals surface area contributed by atoms with E-state index in [1.54, 1.807) is 30.5 Å². The van der Waals surface area contributed by atoms with Gasteiger partial charge < -0.3 is 11.1 Å². The molecule has 0 aromatic heterocycles. The molecule has 0 bridgehead atoms. The highest BCUT2D eigenvalue weighted by Gasteiger charge is 2.05. The highest BCUT2D eigenvalue weighted by molar-refractivity contribution is 7.94. The molecule has 1 rings (SSSR count). The van der Waals surface area contributed by atoms with E-state index < -0.39 is 0 Å². The van der Waals surface area contributed by atoms with E-state index >= 15 is 0 Å². The molecule has 1 aromatic carbocycles. The minimum Gasteiger partial charge on any atom is -0.401 e. The Kier molecular flexibility index (Phi) is 11.8. The van der Waals surface area contributed by atoms with Crippen LogP contribution >= 0.6 is 12.1 Å². The summed E-state index contributed by atoms with van der Waals surface area (Å²) in [4.78, 5) is 11.6. The summed E-state index contributed by atoms with van der Waals surface area (Å²) in [6.45, 7) is 6.45. The van der Waals surface area contributed by atoms with Crippen molar-refractivity contribution < 1.29 is 8.68 Å². The van der Waals surface area contributed by atoms with Crippen LogP contribution in [0.5, 0.6) is 0 Å². The molecule has 0 saturated heterocycles. The zero-order valence-corrected chi connectivity index (χ0v) is 14.8. The van der Waals surface area contributed by atoms with Gasteiger partial charge in [-0.15, -0.1) is 0 Å². The van der Waals surface area contributed by atoms with E-state index in [0.717, 1.165) is 0 Å². The summed E-state index contributed by atoms with van der Waals surface area (Å²) in [5.41, 5.74) is 7.69. The first kappa shape index (κ1) is 21.3. The molecule has 0 aliphatic carbocycles. The van der Waals surface area contributed by atoms with Gasteiger partial charge in [-0.1, -0.05) is 13.8 Å². The number of rotatable bonds is 8. The van der Waals surface area contributed by atoms with E-state index in [2.05, 4.69) is 5.32 Å². The lowest BCUT2D eigenvalue weighted by atomic mass is 10.2. The molecule has 1 aromatic rings. The number of amides is 1. The Balaban J connectivity index is 0.00000232. The number of carbonyl (C=O) groups excluding carboxylic acids is 1. The van der Waals surface area contributed by atoms with Gasteiger partial charge in [-0.2, -0.15) is 3.89 Å². The third-order valence-corrected chi connectivity index (χ3v) is 3.20. The second-order valence-electron chi connectivity index (χ2n) is 4.43. The lowest BCUT2D eigenvalue weighted by Gasteiger charge is -2.15. The Morgan fingerprint density at radius 1 is 1.35 bits per heavy atom. The molecule has 0 saturated carbocycles. The fourth-order valence-corrected chi connectivity index (χ4v) is 1.95. The molecule has 23 heavy (non-hydrogen) atoms. The van der Waals surface area contributed by atoms with Gasteiger partial charge in [-0.3, -0.25) is 9.80 Å². The van der Waals surface area contributed by atoms with Crippen molar-refractivity contribution in [2.45, 2.75) is 33.6 Å². The zero-order valence-electron chi connectivity index (χ0n) is 14.0. The average Bonchev–Trinajstić information content (AvgIpc) is 2.57. The van der Waals surface area contributed by atoms with E-state index in [0.29, 0.717) is 54.2 Å². The number of nitrogens with one attached hydrogen (secondary N) is 1. The summed E-state index contributed by atoms with van der Waals surface area (Å²) < 4.78 is 11.9. The Morgan fingerprint density at radius 3 is 2.48 bits per heavy atom. The lowest BCUT2D eigenvalue weighted by molar-refractivity contribution is 0.0956. The molecule has 130 valence electrons. The smallest absolute Gasteiger partial charge is 0.251 e. The maximum Gasteiger partial charge on any atom is 0.251 e. The van der Waals surface area contributed by atoms with E-state index in [-0.39, 0.29) is 5.91 Å². The normalized spacial score (nSPS) is 10.6. The predicted octanol–water partition coefficient (Wildman–Crippen LogP) is 3.34. The summed E-state index contributed by atoms with van der Waals surface area (Å²) >= 11 is 0.302. The van der Waals surface area contributed by atoms with Crippen LogP contribution in [0.2, 0.25) is 0 Å². The van der Waals surface area contributed by atoms with E-state index in [4.69, 9.17) is 11.6 Å². The molecular weight excluding hydrogens is 315 g/mol. The van der Waals surface area contributed by atoms with Crippen molar-refractivity contribution in [2.75, 3.05) is 17.3 Å². The first-order valence-electron chi connectivity index (χ1n) is 7.70. The molecule has 0 spiro atoms. The fourth-order valence-electron chi connectivity index (χ4n) is 1.70. The number of anilines is 1. The lowest BCUT2D eigenvalue weighted by Crippen LogP contribution is -2.26. The van der Waals surface area contributed by atoms with Gasteiger partial charge in [0.2, 0.25) is 0 Å². The number of nitrogens with two attached hydrogens (primary N) is 2. The largest absolute Gasteiger partial charge is 0.401 e. The molecule has 0 radical (unpaired) electrons. The number of benzene rings is 1. The highest BCUT2D eigenvalue weighted by atomic mass is 32.2. The minimum absolute atomic E-state index is 0.119. The van der Waals surface area contributed by atoms with E-state index in [9.17, 15) is 8.68 Å². The minimum atomic E-state index is -0.119. The Bertz CT molecular complexity index is 479. The number of hydrogen-bond acceptors (Lipinski definition) is 5. The maximum atomic E-state index is 11.9. The summed E-state index contributed by atoms with van der Waals surface area (Å²) in [5, 5.41) is 4.11. The van der Waals surface area contributed by atoms with Crippen molar-refractivity contribution in [2.24, 2.45) is 11.6 Å². The molecular formula is C16H27FN4OS. The maximum absolute atomic E-state index is 11.9. The Morgan fingerprint density at radius 2 is 1.96 bits per heavy atom. The fraction of sp³-hybridized carbons (Fsp3) is 0.438. The van der Waals surface area contributed by atoms with Crippen LogP contribution in [0.15, 0.2) is 36.2 Å². The molecule has 5 N–H and O–H groups in total. The summed E-state index contributed by atoms with van der Waals surface area (Å²) in [6.07, 6.45) is 2.85. The quantitative estimate of drug-likeness (QED) is 0.383. The third kappa shape index (κ3) is 8.47. The van der Waals surface area contributed by atoms with Crippen molar-refractivity contribution in [1.29, 1.82) is 0 Å². The Labute approximate surface area is 142 Å². The second kappa shape index (κ2) is 12.8. The topological polar surface area (TPSA) is 84.4 Å². The van der Waals surface area contributed by atoms with Crippen LogP contribution in [0.1, 0.15) is 44.0 Å². The summed E-state index contributed by atoms with van der Waals surface area (Å²) in [6, 6.07) is 6.88. The number of nitrogens with zero attached hydrogens (tertiary/aromatic N) is 1. The number of carbonyl (C=O) groups is 1. The number of hydrazine groups is 1. The van der Waals surface area contributed by atoms with Crippen molar-refractivity contribution in [1.82, 2.24) is 5.32 Å². The van der Waals surface area contributed by atoms with E-state index in [1.807, 2.05) is 20.8 Å². The monoisotopic (exact) mass is 342 g/mol. The van der Waals surface area contributed by atoms with Gasteiger partial charge in [0.15, 0.2) is 0 Å². The van der Waals surface area contributed by atoms with Gasteiger partial charge in [0, 0.05) is 41.9 Å². The van der Waals surface area contributed by atoms with Crippen molar-refractivity contribution in [3.8, 4) is 0 Å². The van der Waals surface area contributed by atoms with Crippen LogP contribution in [0.3, 0.4) is 0 Å². The molecule has 7 heteroatoms. The van der Waals surface area contributed by atoms with E-state index in [1.165, 1.54) is 5.01 Å². The molecule has 0 unspecified atom stereocenters. The van der Waals surface area contributed by atoms with Crippen LogP contribution in [0.4, 0.5) is 9.57 Å². The first-order chi connectivity index (χ1) is 11.1. The SMILES string of the molecule is CC.CCNC(=O)c1ccc(N(N)/C=C(\N)CCCSF)cc1. The van der Waals surface area contributed by atoms with Crippen molar-refractivity contribution >= 4 is 23.7 Å². The van der Waals surface area contributed by atoms with Gasteiger partial charge in [0.25, 0.3) is 5.91 Å². The number of halogens is 1. The Hall–Kier alpha value is -1.73. The van der Waals surface area contributed by atoms with Crippen LogP contribution in [-0.4, -0.2) is 18.2 Å². The van der Waals surface area contributed by atoms with Gasteiger partial charge in [-0.05, 0) is 44.0 Å². The van der Waals surface area contributed by atoms with Crippen molar-refractivity contribution in [3.05, 3.63) is 41.7 Å². The third-order valence-electron chi connectivity index (χ3n) is 2.76. The highest BCUT2D eigenvalue weighted by Crippen LogP contribution is 2.14. The van der Waals surface area contributed by atoms with Gasteiger partial charge in [0.05, 0.1) is 5.69 Å². The zero-order chi connectivity index (χ0) is 17.7. The molecule has 0 aliphatic rings. The van der Waals surface area contributed by atoms with Crippen molar-refractivity contribution in [3.63, 3.8) is 0 Å². The van der Waals surface area contributed by atoms with Crippen LogP contribution in [0.25, 0.3) is 0 Å². The van der Waals surface area contributed by atoms with Gasteiger partial charge in [0.1, 0.15) is 0 Å². The summed E-state index contributed by atoms with van der Waals surface area (Å²) in [5.74, 6) is 6.18. The summed E-state index contributed by atoms with van der Waals surface area (Å²) in [7, 11) is 0. The first-order valence-corrected chi connectivity index (χ1v) is 8.59. The standard InChI is InChI=1S/C14H21FN4OS.C2H6/c1-2-18-14(20)11-5-7-13(8-6-11)19(17)10-12(16)4-3-9-21-15;1-2/h5-8,10H,2-4,9,16-17H2,1H3,(H,18,20);1-2H3/b12-10-;. The molecule has 1 amide bonds. The van der Waals surface area contributed by atoms with Crippen LogP contribution in [-0.2, 0) is 0 Å². The van der Waals surface area contributed by atoms with Crippen LogP contribution < -0.4 is 21.9 Å². The molecule has 0 atom stereocenters. The number of hydrogen-bond donors (Lipinski definition) is 3. The molecule has 0 heterocycles. The van der Waals surface area contributed by atoms with Gasteiger partial charge in [-0.25, -0.2) is 5.84 Å². The number of allylic oxidation sites excluding steroid dienone is 1. The molecule has 0 fully saturated rings. The average molecular weight is 342 g/mol.